The van der Waals surface area contributed by atoms with Gasteiger partial charge in [0, 0.05) is 6.54 Å². The van der Waals surface area contributed by atoms with Crippen LogP contribution in [-0.2, 0) is 31.9 Å². The minimum Gasteiger partial charge on any atom is -0.464 e. The molecule has 198 valence electrons. The molecule has 0 saturated heterocycles. The Morgan fingerprint density at radius 2 is 2.00 bits per heavy atom. The van der Waals surface area contributed by atoms with Crippen LogP contribution in [0.15, 0.2) is 36.9 Å². The minimum absolute atomic E-state index is 0.192. The van der Waals surface area contributed by atoms with E-state index in [-0.39, 0.29) is 31.4 Å². The van der Waals surface area contributed by atoms with Gasteiger partial charge in [-0.25, -0.2) is 30.0 Å². The first kappa shape index (κ1) is 28.2. The van der Waals surface area contributed by atoms with Gasteiger partial charge in [0.1, 0.15) is 23.7 Å². The molecule has 0 saturated carbocycles. The maximum absolute atomic E-state index is 14.0. The zero-order chi connectivity index (χ0) is 27.1. The molecule has 4 N–H and O–H groups in total. The van der Waals surface area contributed by atoms with Gasteiger partial charge in [0.15, 0.2) is 17.2 Å². The monoisotopic (exact) mass is 528 g/mol. The summed E-state index contributed by atoms with van der Waals surface area (Å²) < 4.78 is 27.1. The van der Waals surface area contributed by atoms with Crippen molar-refractivity contribution < 1.29 is 18.8 Å². The summed E-state index contributed by atoms with van der Waals surface area (Å²) in [6.45, 7) is 15.0. The van der Waals surface area contributed by atoms with Gasteiger partial charge in [-0.15, -0.1) is 0 Å². The highest BCUT2D eigenvalue weighted by Gasteiger charge is 2.37. The molecule has 3 aromatic rings. The summed E-state index contributed by atoms with van der Waals surface area (Å²) in [6, 6.07) is 6.95. The van der Waals surface area contributed by atoms with Crippen molar-refractivity contribution in [2.45, 2.75) is 58.8 Å². The van der Waals surface area contributed by atoms with E-state index in [0.29, 0.717) is 29.8 Å². The molecule has 37 heavy (non-hydrogen) atoms. The Bertz CT molecular complexity index is 1300. The number of aromatic nitrogens is 4. The molecule has 0 spiro atoms. The molecular formula is C24H33N8O4P. The number of nitrogens with two attached hydrogens (primary N) is 1. The Morgan fingerprint density at radius 3 is 2.68 bits per heavy atom. The van der Waals surface area contributed by atoms with Crippen molar-refractivity contribution in [3.8, 4) is 0 Å². The fourth-order valence-electron chi connectivity index (χ4n) is 3.49. The molecule has 0 fully saturated rings. The summed E-state index contributed by atoms with van der Waals surface area (Å²) in [6.07, 6.45) is 3.08. The maximum atomic E-state index is 14.0. The number of benzene rings is 1. The summed E-state index contributed by atoms with van der Waals surface area (Å²) in [5.74, 6) is -0.218. The first-order valence-electron chi connectivity index (χ1n) is 11.9. The number of imidazole rings is 1. The molecule has 13 heteroatoms. The van der Waals surface area contributed by atoms with Crippen LogP contribution in [0.1, 0.15) is 39.7 Å². The first-order chi connectivity index (χ1) is 17.6. The van der Waals surface area contributed by atoms with Crippen LogP contribution in [0.5, 0.6) is 0 Å². The van der Waals surface area contributed by atoms with Gasteiger partial charge < -0.3 is 19.8 Å². The Morgan fingerprint density at radius 1 is 1.27 bits per heavy atom. The van der Waals surface area contributed by atoms with Crippen LogP contribution in [0.25, 0.3) is 16.0 Å². The number of carbonyl (C=O) groups excluding carboxylic acids is 1. The van der Waals surface area contributed by atoms with E-state index in [4.69, 9.17) is 21.8 Å². The van der Waals surface area contributed by atoms with Crippen molar-refractivity contribution in [3.05, 3.63) is 53.9 Å². The van der Waals surface area contributed by atoms with Gasteiger partial charge >= 0.3 is 5.97 Å². The Labute approximate surface area is 216 Å². The third kappa shape index (κ3) is 7.57. The number of rotatable bonds is 13. The molecule has 0 radical (unpaired) electrons. The Hall–Kier alpha value is -3.36. The molecule has 0 bridgehead atoms. The molecule has 0 aliphatic heterocycles. The van der Waals surface area contributed by atoms with Crippen molar-refractivity contribution in [3.63, 3.8) is 0 Å². The van der Waals surface area contributed by atoms with Gasteiger partial charge in [-0.3, -0.25) is 9.36 Å². The summed E-state index contributed by atoms with van der Waals surface area (Å²) in [4.78, 5) is 28.4. The van der Waals surface area contributed by atoms with Gasteiger partial charge in [0.05, 0.1) is 32.2 Å². The van der Waals surface area contributed by atoms with Crippen LogP contribution in [0.4, 0.5) is 11.5 Å². The highest BCUT2D eigenvalue weighted by Crippen LogP contribution is 2.40. The zero-order valence-corrected chi connectivity index (χ0v) is 22.4. The van der Waals surface area contributed by atoms with E-state index in [1.54, 1.807) is 49.0 Å². The van der Waals surface area contributed by atoms with Crippen LogP contribution >= 0.6 is 7.44 Å². The number of nitrogen functional groups attached to an aromatic ring is 1. The summed E-state index contributed by atoms with van der Waals surface area (Å²) in [5, 5.41) is 6.01. The van der Waals surface area contributed by atoms with Crippen molar-refractivity contribution >= 4 is 36.1 Å². The van der Waals surface area contributed by atoms with Gasteiger partial charge in [-0.1, -0.05) is 31.2 Å². The molecular weight excluding hydrogens is 495 g/mol. The number of nitrogens with zero attached hydrogens (tertiary/aromatic N) is 5. The number of fused-ring (bicyclic) bond motifs is 1. The molecule has 3 rings (SSSR count). The largest absolute Gasteiger partial charge is 0.464 e. The van der Waals surface area contributed by atoms with Crippen LogP contribution in [0.3, 0.4) is 0 Å². The average molecular weight is 529 g/mol. The third-order valence-electron chi connectivity index (χ3n) is 5.44. The smallest absolute Gasteiger partial charge is 0.326 e. The average Bonchev–Trinajstić information content (AvgIpc) is 3.29. The lowest BCUT2D eigenvalue weighted by Crippen LogP contribution is -2.48. The van der Waals surface area contributed by atoms with Crippen LogP contribution in [0.2, 0.25) is 0 Å². The Balaban J connectivity index is 1.72. The quantitative estimate of drug-likeness (QED) is 0.170. The number of nitrogens with one attached hydrogen (secondary N) is 2. The van der Waals surface area contributed by atoms with E-state index < -0.39 is 19.0 Å². The van der Waals surface area contributed by atoms with E-state index in [2.05, 4.69) is 30.0 Å². The molecule has 2 atom stereocenters. The number of hydrogen-bond donors (Lipinski definition) is 3. The summed E-state index contributed by atoms with van der Waals surface area (Å²) in [7, 11) is -3.46. The number of ether oxygens (including phenoxy) is 2. The maximum Gasteiger partial charge on any atom is 0.326 e. The molecule has 12 nitrogen and oxygen atoms in total. The fourth-order valence-corrected chi connectivity index (χ4v) is 5.62. The molecule has 1 aromatic carbocycles. The van der Waals surface area contributed by atoms with Gasteiger partial charge in [-0.2, -0.15) is 0 Å². The number of carbonyl (C=O) groups is 1. The standard InChI is InChI=1S/C24H33N8O4P/c1-6-11-35-23(33)24(3,4)31-37(34,30-12-18-7-9-19(26-5)10-8-18)16-36-17(2)13-32-15-29-20-21(25)27-14-28-22(20)32/h7-10,14-15,17H,6,11-13,16H2,1-4H3,(H2,25,27,28)(H2,30,31,34)/t17-,37-/m1/s1. The fraction of sp³-hybridized carbons (Fsp3) is 0.458. The second-order valence-corrected chi connectivity index (χ2v) is 11.4. The third-order valence-corrected chi connectivity index (χ3v) is 7.54. The SMILES string of the molecule is [C-]#[N+]c1ccc(CN[P@](=O)(CO[C@H](C)Cn2cnc3c(N)ncnc32)NC(C)(C)C(=O)OCCC)cc1. The molecule has 0 unspecified atom stereocenters. The Kier molecular flexibility index (Phi) is 9.34. The minimum atomic E-state index is -3.46. The van der Waals surface area contributed by atoms with E-state index in [1.807, 2.05) is 13.8 Å². The van der Waals surface area contributed by atoms with Crippen molar-refractivity contribution in [2.24, 2.45) is 0 Å². The summed E-state index contributed by atoms with van der Waals surface area (Å²) in [5.41, 5.74) is 7.05. The van der Waals surface area contributed by atoms with E-state index >= 15 is 0 Å². The normalized spacial score (nSPS) is 14.1. The van der Waals surface area contributed by atoms with Crippen LogP contribution in [0, 0.1) is 6.57 Å². The molecule has 2 aromatic heterocycles. The first-order valence-corrected chi connectivity index (χ1v) is 13.8. The van der Waals surface area contributed by atoms with E-state index in [0.717, 1.165) is 5.56 Å². The number of anilines is 1. The van der Waals surface area contributed by atoms with Gasteiger partial charge in [0.25, 0.3) is 0 Å². The van der Waals surface area contributed by atoms with Crippen molar-refractivity contribution in [1.82, 2.24) is 29.7 Å². The molecule has 0 aliphatic carbocycles. The lowest BCUT2D eigenvalue weighted by atomic mass is 10.1. The second kappa shape index (κ2) is 12.3. The zero-order valence-electron chi connectivity index (χ0n) is 21.5. The van der Waals surface area contributed by atoms with Crippen molar-refractivity contribution in [2.75, 3.05) is 18.7 Å². The molecule has 0 amide bonds. The van der Waals surface area contributed by atoms with Gasteiger partial charge in [-0.05, 0) is 32.8 Å². The summed E-state index contributed by atoms with van der Waals surface area (Å²) >= 11 is 0. The topological polar surface area (TPSA) is 151 Å². The lowest BCUT2D eigenvalue weighted by Gasteiger charge is -2.31. The predicted molar refractivity (Wildman–Crippen MR) is 141 cm³/mol. The number of hydrogen-bond acceptors (Lipinski definition) is 8. The van der Waals surface area contributed by atoms with Crippen LogP contribution in [-0.4, -0.2) is 50.1 Å². The lowest BCUT2D eigenvalue weighted by molar-refractivity contribution is -0.149. The molecule has 2 heterocycles. The van der Waals surface area contributed by atoms with E-state index in [1.165, 1.54) is 6.33 Å². The number of esters is 1. The predicted octanol–water partition coefficient (Wildman–Crippen LogP) is 3.63. The van der Waals surface area contributed by atoms with Crippen molar-refractivity contribution in [1.29, 1.82) is 0 Å². The highest BCUT2D eigenvalue weighted by molar-refractivity contribution is 7.59. The van der Waals surface area contributed by atoms with E-state index in [9.17, 15) is 9.36 Å². The second-order valence-electron chi connectivity index (χ2n) is 9.16. The van der Waals surface area contributed by atoms with Gasteiger partial charge in [0.2, 0.25) is 7.44 Å². The highest BCUT2D eigenvalue weighted by atomic mass is 31.2. The molecule has 0 aliphatic rings. The van der Waals surface area contributed by atoms with Crippen LogP contribution < -0.4 is 15.9 Å².